The van der Waals surface area contributed by atoms with Crippen LogP contribution < -0.4 is 5.73 Å². The number of hydrogen-bond acceptors (Lipinski definition) is 3. The van der Waals surface area contributed by atoms with E-state index in [2.05, 4.69) is 0 Å². The number of rotatable bonds is 2. The van der Waals surface area contributed by atoms with Crippen molar-refractivity contribution in [2.45, 2.75) is 4.90 Å². The molecule has 0 atom stereocenters. The van der Waals surface area contributed by atoms with Crippen molar-refractivity contribution in [1.29, 1.82) is 0 Å². The van der Waals surface area contributed by atoms with Crippen LogP contribution >= 0.6 is 0 Å². The van der Waals surface area contributed by atoms with Crippen LogP contribution in [0.25, 0.3) is 10.8 Å². The molecule has 0 heterocycles. The maximum Gasteiger partial charge on any atom is 0.295 e. The number of primary amides is 1. The zero-order valence-electron chi connectivity index (χ0n) is 8.62. The molecule has 0 aromatic heterocycles. The van der Waals surface area contributed by atoms with E-state index in [1.807, 2.05) is 0 Å². The van der Waals surface area contributed by atoms with Crippen LogP contribution in [0.5, 0.6) is 0 Å². The maximum absolute atomic E-state index is 11.3. The molecule has 0 saturated heterocycles. The summed E-state index contributed by atoms with van der Waals surface area (Å²) in [6, 6.07) is 9.37. The van der Waals surface area contributed by atoms with Gasteiger partial charge in [0.15, 0.2) is 0 Å². The van der Waals surface area contributed by atoms with Crippen LogP contribution in [-0.2, 0) is 10.1 Å². The van der Waals surface area contributed by atoms with Crippen LogP contribution in [0.15, 0.2) is 41.3 Å². The standard InChI is InChI=1S/C11H9NO4S/c12-11(13)10-8-4-2-1-3-7(8)5-6-9(10)17(14,15)16/h1-6H,(H2,12,13)(H,14,15,16). The normalized spacial score (nSPS) is 11.6. The minimum atomic E-state index is -4.47. The smallest absolute Gasteiger partial charge is 0.295 e. The molecular weight excluding hydrogens is 242 g/mol. The minimum Gasteiger partial charge on any atom is -0.366 e. The molecule has 2 rings (SSSR count). The van der Waals surface area contributed by atoms with Crippen LogP contribution in [-0.4, -0.2) is 18.9 Å². The average molecular weight is 251 g/mol. The molecule has 0 saturated carbocycles. The van der Waals surface area contributed by atoms with Gasteiger partial charge in [-0.15, -0.1) is 0 Å². The van der Waals surface area contributed by atoms with E-state index in [1.165, 1.54) is 6.07 Å². The summed E-state index contributed by atoms with van der Waals surface area (Å²) >= 11 is 0. The second-order valence-corrected chi connectivity index (χ2v) is 4.89. The first kappa shape index (κ1) is 11.6. The quantitative estimate of drug-likeness (QED) is 0.783. The molecule has 88 valence electrons. The largest absolute Gasteiger partial charge is 0.366 e. The van der Waals surface area contributed by atoms with Gasteiger partial charge in [0, 0.05) is 0 Å². The molecule has 0 unspecified atom stereocenters. The van der Waals surface area contributed by atoms with E-state index >= 15 is 0 Å². The lowest BCUT2D eigenvalue weighted by molar-refractivity contribution is 0.0998. The number of fused-ring (bicyclic) bond motifs is 1. The van der Waals surface area contributed by atoms with Gasteiger partial charge in [0.2, 0.25) is 0 Å². The van der Waals surface area contributed by atoms with Gasteiger partial charge in [0.1, 0.15) is 4.90 Å². The summed E-state index contributed by atoms with van der Waals surface area (Å²) in [4.78, 5) is 10.9. The van der Waals surface area contributed by atoms with Gasteiger partial charge in [0.05, 0.1) is 5.56 Å². The number of amides is 1. The van der Waals surface area contributed by atoms with E-state index in [1.54, 1.807) is 24.3 Å². The minimum absolute atomic E-state index is 0.189. The van der Waals surface area contributed by atoms with Crippen molar-refractivity contribution in [3.05, 3.63) is 42.0 Å². The van der Waals surface area contributed by atoms with Crippen molar-refractivity contribution in [2.24, 2.45) is 5.73 Å². The van der Waals surface area contributed by atoms with Crippen molar-refractivity contribution < 1.29 is 17.8 Å². The summed E-state index contributed by atoms with van der Waals surface area (Å²) < 4.78 is 31.3. The van der Waals surface area contributed by atoms with E-state index in [-0.39, 0.29) is 5.56 Å². The van der Waals surface area contributed by atoms with Crippen molar-refractivity contribution in [1.82, 2.24) is 0 Å². The highest BCUT2D eigenvalue weighted by atomic mass is 32.2. The zero-order chi connectivity index (χ0) is 12.6. The molecule has 0 bridgehead atoms. The highest BCUT2D eigenvalue weighted by Gasteiger charge is 2.21. The van der Waals surface area contributed by atoms with Crippen molar-refractivity contribution in [2.75, 3.05) is 0 Å². The summed E-state index contributed by atoms with van der Waals surface area (Å²) in [5.74, 6) is -0.894. The first-order valence-corrected chi connectivity index (χ1v) is 6.14. The Bertz CT molecular complexity index is 706. The van der Waals surface area contributed by atoms with Crippen molar-refractivity contribution in [3.8, 4) is 0 Å². The van der Waals surface area contributed by atoms with Gasteiger partial charge >= 0.3 is 0 Å². The highest BCUT2D eigenvalue weighted by Crippen LogP contribution is 2.25. The molecule has 6 heteroatoms. The lowest BCUT2D eigenvalue weighted by atomic mass is 10.0. The fourth-order valence-corrected chi connectivity index (χ4v) is 2.43. The van der Waals surface area contributed by atoms with Gasteiger partial charge in [0.25, 0.3) is 16.0 Å². The molecule has 0 fully saturated rings. The van der Waals surface area contributed by atoms with E-state index in [4.69, 9.17) is 10.3 Å². The number of hydrogen-bond donors (Lipinski definition) is 2. The number of carbonyl (C=O) groups excluding carboxylic acids is 1. The van der Waals surface area contributed by atoms with Crippen LogP contribution in [0, 0.1) is 0 Å². The fourth-order valence-electron chi connectivity index (χ4n) is 1.72. The monoisotopic (exact) mass is 251 g/mol. The number of carbonyl (C=O) groups is 1. The Morgan fingerprint density at radius 3 is 2.35 bits per heavy atom. The van der Waals surface area contributed by atoms with Crippen molar-refractivity contribution in [3.63, 3.8) is 0 Å². The summed E-state index contributed by atoms with van der Waals surface area (Å²) in [6.45, 7) is 0. The second-order valence-electron chi connectivity index (χ2n) is 3.50. The summed E-state index contributed by atoms with van der Waals surface area (Å²) in [6.07, 6.45) is 0. The summed E-state index contributed by atoms with van der Waals surface area (Å²) in [5, 5.41) is 1.07. The molecule has 0 aliphatic heterocycles. The number of benzene rings is 2. The molecule has 3 N–H and O–H groups in total. The predicted octanol–water partition coefficient (Wildman–Crippen LogP) is 1.19. The first-order valence-electron chi connectivity index (χ1n) is 4.70. The topological polar surface area (TPSA) is 97.5 Å². The van der Waals surface area contributed by atoms with Gasteiger partial charge in [-0.05, 0) is 16.8 Å². The average Bonchev–Trinajstić information content (AvgIpc) is 2.26. The first-order chi connectivity index (χ1) is 7.91. The van der Waals surface area contributed by atoms with Crippen LogP contribution in [0.2, 0.25) is 0 Å². The molecule has 2 aromatic carbocycles. The third kappa shape index (κ3) is 2.00. The molecule has 0 aliphatic carbocycles. The summed E-state index contributed by atoms with van der Waals surface area (Å²) in [7, 11) is -4.47. The van der Waals surface area contributed by atoms with Crippen LogP contribution in [0.3, 0.4) is 0 Å². The Kier molecular flexibility index (Phi) is 2.60. The third-order valence-electron chi connectivity index (χ3n) is 2.42. The molecule has 17 heavy (non-hydrogen) atoms. The molecule has 0 radical (unpaired) electrons. The van der Waals surface area contributed by atoms with Gasteiger partial charge in [-0.3, -0.25) is 9.35 Å². The van der Waals surface area contributed by atoms with Gasteiger partial charge in [-0.1, -0.05) is 30.3 Å². The van der Waals surface area contributed by atoms with E-state index < -0.39 is 20.9 Å². The molecule has 1 amide bonds. The van der Waals surface area contributed by atoms with Crippen LogP contribution in [0.4, 0.5) is 0 Å². The van der Waals surface area contributed by atoms with E-state index in [0.29, 0.717) is 10.8 Å². The third-order valence-corrected chi connectivity index (χ3v) is 3.31. The molecule has 0 spiro atoms. The lowest BCUT2D eigenvalue weighted by Crippen LogP contribution is -2.16. The van der Waals surface area contributed by atoms with E-state index in [0.717, 1.165) is 6.07 Å². The molecule has 0 aliphatic rings. The van der Waals surface area contributed by atoms with Crippen molar-refractivity contribution >= 4 is 26.8 Å². The molecular formula is C11H9NO4S. The van der Waals surface area contributed by atoms with Gasteiger partial charge < -0.3 is 5.73 Å². The molecule has 5 nitrogen and oxygen atoms in total. The van der Waals surface area contributed by atoms with Gasteiger partial charge in [-0.2, -0.15) is 8.42 Å². The number of nitrogens with two attached hydrogens (primary N) is 1. The van der Waals surface area contributed by atoms with Crippen LogP contribution in [0.1, 0.15) is 10.4 Å². The lowest BCUT2D eigenvalue weighted by Gasteiger charge is -2.07. The Balaban J connectivity index is 2.98. The Morgan fingerprint density at radius 2 is 1.76 bits per heavy atom. The Hall–Kier alpha value is -1.92. The van der Waals surface area contributed by atoms with E-state index in [9.17, 15) is 13.2 Å². The fraction of sp³-hybridized carbons (Fsp3) is 0. The predicted molar refractivity (Wildman–Crippen MR) is 62.3 cm³/mol. The Morgan fingerprint density at radius 1 is 1.12 bits per heavy atom. The Labute approximate surface area is 97.6 Å². The SMILES string of the molecule is NC(=O)c1c(S(=O)(=O)O)ccc2ccccc12. The summed E-state index contributed by atoms with van der Waals surface area (Å²) in [5.41, 5.74) is 4.97. The zero-order valence-corrected chi connectivity index (χ0v) is 9.44. The maximum atomic E-state index is 11.3. The van der Waals surface area contributed by atoms with Gasteiger partial charge in [-0.25, -0.2) is 0 Å². The highest BCUT2D eigenvalue weighted by molar-refractivity contribution is 7.86. The second kappa shape index (κ2) is 3.83. The molecule has 2 aromatic rings.